The molecular weight excluding hydrogens is 182 g/mol. The normalized spacial score (nSPS) is 13.9. The van der Waals surface area contributed by atoms with Crippen LogP contribution in [0.15, 0.2) is 12.7 Å². The summed E-state index contributed by atoms with van der Waals surface area (Å²) in [6, 6.07) is -0.963. The van der Waals surface area contributed by atoms with Crippen LogP contribution in [0, 0.1) is 0 Å². The molecule has 0 aliphatic heterocycles. The van der Waals surface area contributed by atoms with Crippen molar-refractivity contribution >= 4 is 18.4 Å². The second-order valence-electron chi connectivity index (χ2n) is 2.19. The van der Waals surface area contributed by atoms with E-state index in [-0.39, 0.29) is 19.0 Å². The maximum absolute atomic E-state index is 10.8. The van der Waals surface area contributed by atoms with Crippen LogP contribution in [0.5, 0.6) is 0 Å². The molecule has 0 aromatic carbocycles. The van der Waals surface area contributed by atoms with Crippen LogP contribution in [0.25, 0.3) is 0 Å². The summed E-state index contributed by atoms with van der Waals surface area (Å²) in [5.74, 6) is -0.611. The first-order chi connectivity index (χ1) is 5.09. The molecule has 0 radical (unpaired) electrons. The second kappa shape index (κ2) is 7.09. The lowest BCUT2D eigenvalue weighted by Gasteiger charge is -2.12. The number of carbonyl (C=O) groups is 1. The van der Waals surface area contributed by atoms with Gasteiger partial charge in [-0.2, -0.15) is 0 Å². The number of hydrogen-bond donors (Lipinski definition) is 2. The van der Waals surface area contributed by atoms with E-state index in [4.69, 9.17) is 10.8 Å². The van der Waals surface area contributed by atoms with E-state index < -0.39 is 18.1 Å². The third-order valence-electron chi connectivity index (χ3n) is 1.14. The number of halogens is 1. The smallest absolute Gasteiger partial charge is 0.325 e. The summed E-state index contributed by atoms with van der Waals surface area (Å²) in [5, 5.41) is 8.84. The van der Waals surface area contributed by atoms with Gasteiger partial charge in [0.15, 0.2) is 0 Å². The third-order valence-corrected chi connectivity index (χ3v) is 1.14. The monoisotopic (exact) mass is 195 g/mol. The standard InChI is InChI=1S/C7H13NO3.ClH/c1-3-4-11-7(10)6(8)5(2)9;/h3,5-6,9H,1,4,8H2,2H3;1H/t5?,6-;/m0./s1. The van der Waals surface area contributed by atoms with Crippen molar-refractivity contribution in [2.75, 3.05) is 6.61 Å². The molecule has 0 bridgehead atoms. The summed E-state index contributed by atoms with van der Waals surface area (Å²) < 4.78 is 4.57. The van der Waals surface area contributed by atoms with Crippen molar-refractivity contribution < 1.29 is 14.6 Å². The predicted octanol–water partition coefficient (Wildman–Crippen LogP) is -0.154. The summed E-state index contributed by atoms with van der Waals surface area (Å²) in [4.78, 5) is 10.8. The fourth-order valence-corrected chi connectivity index (χ4v) is 0.434. The number of ether oxygens (including phenoxy) is 1. The molecular formula is C7H14ClNO3. The lowest BCUT2D eigenvalue weighted by molar-refractivity contribution is -0.146. The van der Waals surface area contributed by atoms with Gasteiger partial charge in [0, 0.05) is 0 Å². The molecule has 2 atom stereocenters. The van der Waals surface area contributed by atoms with Crippen LogP contribution in [-0.2, 0) is 9.53 Å². The molecule has 0 aromatic heterocycles. The Labute approximate surface area is 77.8 Å². The van der Waals surface area contributed by atoms with E-state index in [2.05, 4.69) is 11.3 Å². The Morgan fingerprint density at radius 2 is 2.33 bits per heavy atom. The van der Waals surface area contributed by atoms with E-state index >= 15 is 0 Å². The summed E-state index contributed by atoms with van der Waals surface area (Å²) >= 11 is 0. The van der Waals surface area contributed by atoms with Gasteiger partial charge in [-0.1, -0.05) is 12.7 Å². The maximum atomic E-state index is 10.8. The Hall–Kier alpha value is -0.580. The summed E-state index contributed by atoms with van der Waals surface area (Å²) in [7, 11) is 0. The predicted molar refractivity (Wildman–Crippen MR) is 48.1 cm³/mol. The maximum Gasteiger partial charge on any atom is 0.325 e. The summed E-state index contributed by atoms with van der Waals surface area (Å²) in [6.45, 7) is 4.91. The minimum absolute atomic E-state index is 0. The number of aliphatic hydroxyl groups excluding tert-OH is 1. The second-order valence-corrected chi connectivity index (χ2v) is 2.19. The van der Waals surface area contributed by atoms with Gasteiger partial charge < -0.3 is 15.6 Å². The van der Waals surface area contributed by atoms with Crippen molar-refractivity contribution in [2.24, 2.45) is 5.73 Å². The van der Waals surface area contributed by atoms with Gasteiger partial charge in [-0.25, -0.2) is 0 Å². The summed E-state index contributed by atoms with van der Waals surface area (Å²) in [6.07, 6.45) is 0.555. The van der Waals surface area contributed by atoms with Gasteiger partial charge in [0.05, 0.1) is 6.10 Å². The van der Waals surface area contributed by atoms with Crippen molar-refractivity contribution in [3.05, 3.63) is 12.7 Å². The number of aliphatic hydroxyl groups is 1. The van der Waals surface area contributed by atoms with E-state index in [9.17, 15) is 4.79 Å². The van der Waals surface area contributed by atoms with Crippen LogP contribution in [0.1, 0.15) is 6.92 Å². The first-order valence-electron chi connectivity index (χ1n) is 3.30. The number of rotatable bonds is 4. The van der Waals surface area contributed by atoms with Gasteiger partial charge in [-0.3, -0.25) is 4.79 Å². The first kappa shape index (κ1) is 14.0. The van der Waals surface area contributed by atoms with E-state index in [1.54, 1.807) is 0 Å². The Morgan fingerprint density at radius 3 is 2.67 bits per heavy atom. The molecule has 0 rings (SSSR count). The molecule has 0 aromatic rings. The third kappa shape index (κ3) is 5.12. The first-order valence-corrected chi connectivity index (χ1v) is 3.30. The Balaban J connectivity index is 0. The lowest BCUT2D eigenvalue weighted by Crippen LogP contribution is -2.41. The quantitative estimate of drug-likeness (QED) is 0.483. The molecule has 4 nitrogen and oxygen atoms in total. The molecule has 0 saturated heterocycles. The molecule has 1 unspecified atom stereocenters. The van der Waals surface area contributed by atoms with E-state index in [0.717, 1.165) is 0 Å². The lowest BCUT2D eigenvalue weighted by atomic mass is 10.2. The molecule has 0 amide bonds. The van der Waals surface area contributed by atoms with Crippen molar-refractivity contribution in [3.63, 3.8) is 0 Å². The fourth-order valence-electron chi connectivity index (χ4n) is 0.434. The largest absolute Gasteiger partial charge is 0.460 e. The van der Waals surface area contributed by atoms with Crippen LogP contribution in [0.2, 0.25) is 0 Å². The van der Waals surface area contributed by atoms with Crippen LogP contribution in [0.3, 0.4) is 0 Å². The van der Waals surface area contributed by atoms with Gasteiger partial charge in [0.2, 0.25) is 0 Å². The molecule has 3 N–H and O–H groups in total. The zero-order valence-electron chi connectivity index (χ0n) is 6.90. The molecule has 12 heavy (non-hydrogen) atoms. The van der Waals surface area contributed by atoms with E-state index in [1.807, 2.05) is 0 Å². The Kier molecular flexibility index (Phi) is 8.26. The highest BCUT2D eigenvalue weighted by Crippen LogP contribution is 1.92. The van der Waals surface area contributed by atoms with Crippen molar-refractivity contribution in [1.29, 1.82) is 0 Å². The summed E-state index contributed by atoms with van der Waals surface area (Å²) in [5.41, 5.74) is 5.24. The zero-order chi connectivity index (χ0) is 8.85. The molecule has 0 saturated carbocycles. The van der Waals surface area contributed by atoms with Crippen molar-refractivity contribution in [1.82, 2.24) is 0 Å². The topological polar surface area (TPSA) is 72.5 Å². The SMILES string of the molecule is C=CCOC(=O)[C@@H](N)C(C)O.Cl. The minimum Gasteiger partial charge on any atom is -0.460 e. The van der Waals surface area contributed by atoms with Gasteiger partial charge >= 0.3 is 5.97 Å². The number of nitrogens with two attached hydrogens (primary N) is 1. The number of carbonyl (C=O) groups excluding carboxylic acids is 1. The van der Waals surface area contributed by atoms with E-state index in [1.165, 1.54) is 13.0 Å². The van der Waals surface area contributed by atoms with Gasteiger partial charge in [0.1, 0.15) is 12.6 Å². The van der Waals surface area contributed by atoms with Gasteiger partial charge in [-0.15, -0.1) is 12.4 Å². The fraction of sp³-hybridized carbons (Fsp3) is 0.571. The number of hydrogen-bond acceptors (Lipinski definition) is 4. The van der Waals surface area contributed by atoms with E-state index in [0.29, 0.717) is 0 Å². The highest BCUT2D eigenvalue weighted by atomic mass is 35.5. The molecule has 72 valence electrons. The highest BCUT2D eigenvalue weighted by Gasteiger charge is 2.19. The Morgan fingerprint density at radius 1 is 1.83 bits per heavy atom. The van der Waals surface area contributed by atoms with Crippen LogP contribution in [-0.4, -0.2) is 29.8 Å². The molecule has 5 heteroatoms. The average molecular weight is 196 g/mol. The van der Waals surface area contributed by atoms with Crippen molar-refractivity contribution in [2.45, 2.75) is 19.1 Å². The minimum atomic E-state index is -0.963. The van der Waals surface area contributed by atoms with Crippen LogP contribution >= 0.6 is 12.4 Å². The van der Waals surface area contributed by atoms with Crippen molar-refractivity contribution in [3.8, 4) is 0 Å². The zero-order valence-corrected chi connectivity index (χ0v) is 7.71. The number of esters is 1. The average Bonchev–Trinajstić information content (AvgIpc) is 1.98. The van der Waals surface area contributed by atoms with Gasteiger partial charge in [-0.05, 0) is 6.92 Å². The molecule has 0 heterocycles. The molecule has 0 aliphatic carbocycles. The van der Waals surface area contributed by atoms with Gasteiger partial charge in [0.25, 0.3) is 0 Å². The highest BCUT2D eigenvalue weighted by molar-refractivity contribution is 5.85. The Bertz CT molecular complexity index is 150. The van der Waals surface area contributed by atoms with Crippen LogP contribution in [0.4, 0.5) is 0 Å². The molecule has 0 aliphatic rings. The molecule has 0 fully saturated rings. The van der Waals surface area contributed by atoms with Crippen LogP contribution < -0.4 is 5.73 Å². The molecule has 0 spiro atoms.